The van der Waals surface area contributed by atoms with Crippen LogP contribution in [0.3, 0.4) is 0 Å². The largest absolute Gasteiger partial charge is 0.457 e. The van der Waals surface area contributed by atoms with Crippen LogP contribution in [0.15, 0.2) is 66.7 Å². The minimum Gasteiger partial charge on any atom is -0.457 e. The second-order valence-corrected chi connectivity index (χ2v) is 3.70. The molecule has 0 saturated carbocycles. The zero-order valence-corrected chi connectivity index (χ0v) is 9.67. The number of benzene rings is 2. The molecule has 1 radical (unpaired) electrons. The van der Waals surface area contributed by atoms with Crippen molar-refractivity contribution in [2.45, 2.75) is 6.42 Å². The Kier molecular flexibility index (Phi) is 3.98. The Balaban J connectivity index is 2.20. The number of rotatable bonds is 4. The maximum atomic E-state index is 5.85. The first-order valence-corrected chi connectivity index (χ1v) is 5.65. The van der Waals surface area contributed by atoms with Crippen LogP contribution in [-0.2, 0) is 6.42 Å². The SMILES string of the molecule is [CH2]C=CCc1ccccc1Oc1ccccc1. The molecule has 0 unspecified atom stereocenters. The Morgan fingerprint density at radius 2 is 1.65 bits per heavy atom. The molecule has 1 heteroatoms. The topological polar surface area (TPSA) is 9.23 Å². The zero-order chi connectivity index (χ0) is 11.9. The zero-order valence-electron chi connectivity index (χ0n) is 9.67. The molecule has 0 spiro atoms. The third-order valence-electron chi connectivity index (χ3n) is 2.45. The van der Waals surface area contributed by atoms with Crippen LogP contribution in [0.25, 0.3) is 0 Å². The van der Waals surface area contributed by atoms with Gasteiger partial charge in [-0.15, -0.1) is 0 Å². The molecule has 0 aromatic heterocycles. The van der Waals surface area contributed by atoms with Crippen LogP contribution in [-0.4, -0.2) is 0 Å². The van der Waals surface area contributed by atoms with E-state index < -0.39 is 0 Å². The summed E-state index contributed by atoms with van der Waals surface area (Å²) in [6.07, 6.45) is 4.67. The van der Waals surface area contributed by atoms with Crippen molar-refractivity contribution in [3.05, 3.63) is 79.2 Å². The molecule has 0 aliphatic rings. The van der Waals surface area contributed by atoms with E-state index in [1.165, 1.54) is 0 Å². The Bertz CT molecular complexity index is 486. The van der Waals surface area contributed by atoms with E-state index in [-0.39, 0.29) is 0 Å². The molecule has 85 valence electrons. The molecule has 0 aliphatic heterocycles. The maximum Gasteiger partial charge on any atom is 0.130 e. The summed E-state index contributed by atoms with van der Waals surface area (Å²) >= 11 is 0. The van der Waals surface area contributed by atoms with Gasteiger partial charge in [0.1, 0.15) is 11.5 Å². The lowest BCUT2D eigenvalue weighted by Crippen LogP contribution is -1.90. The van der Waals surface area contributed by atoms with Gasteiger partial charge >= 0.3 is 0 Å². The summed E-state index contributed by atoms with van der Waals surface area (Å²) in [7, 11) is 0. The lowest BCUT2D eigenvalue weighted by Gasteiger charge is -2.09. The van der Waals surface area contributed by atoms with Crippen molar-refractivity contribution in [1.29, 1.82) is 0 Å². The van der Waals surface area contributed by atoms with Crippen molar-refractivity contribution in [2.24, 2.45) is 0 Å². The van der Waals surface area contributed by atoms with Gasteiger partial charge in [0, 0.05) is 0 Å². The molecular weight excluding hydrogens is 208 g/mol. The van der Waals surface area contributed by atoms with E-state index >= 15 is 0 Å². The Labute approximate surface area is 102 Å². The molecule has 17 heavy (non-hydrogen) atoms. The summed E-state index contributed by atoms with van der Waals surface area (Å²) in [6, 6.07) is 17.9. The van der Waals surface area contributed by atoms with Gasteiger partial charge in [-0.1, -0.05) is 48.6 Å². The van der Waals surface area contributed by atoms with Crippen molar-refractivity contribution in [3.8, 4) is 11.5 Å². The quantitative estimate of drug-likeness (QED) is 0.746. The number of hydrogen-bond acceptors (Lipinski definition) is 1. The standard InChI is InChI=1S/C16H15O/c1-2-3-9-14-10-7-8-13-16(14)17-15-11-5-4-6-12-15/h2-8,10-13H,1,9H2. The van der Waals surface area contributed by atoms with Gasteiger partial charge in [-0.05, 0) is 37.1 Å². The van der Waals surface area contributed by atoms with Gasteiger partial charge in [0.25, 0.3) is 0 Å². The Morgan fingerprint density at radius 3 is 2.41 bits per heavy atom. The van der Waals surface area contributed by atoms with E-state index in [4.69, 9.17) is 4.74 Å². The second kappa shape index (κ2) is 5.90. The third kappa shape index (κ3) is 3.22. The molecule has 2 aromatic carbocycles. The molecule has 2 aromatic rings. The maximum absolute atomic E-state index is 5.85. The average molecular weight is 223 g/mol. The minimum absolute atomic E-state index is 0.840. The summed E-state index contributed by atoms with van der Waals surface area (Å²) in [6.45, 7) is 3.69. The van der Waals surface area contributed by atoms with Gasteiger partial charge in [-0.25, -0.2) is 0 Å². The van der Waals surface area contributed by atoms with Crippen molar-refractivity contribution >= 4 is 0 Å². The fourth-order valence-electron chi connectivity index (χ4n) is 1.60. The Hall–Kier alpha value is -2.02. The predicted octanol–water partition coefficient (Wildman–Crippen LogP) is 4.41. The molecule has 0 N–H and O–H groups in total. The fraction of sp³-hybridized carbons (Fsp3) is 0.0625. The van der Waals surface area contributed by atoms with Crippen molar-refractivity contribution in [3.63, 3.8) is 0 Å². The highest BCUT2D eigenvalue weighted by Crippen LogP contribution is 2.25. The number of ether oxygens (including phenoxy) is 1. The van der Waals surface area contributed by atoms with Gasteiger partial charge in [0.2, 0.25) is 0 Å². The smallest absolute Gasteiger partial charge is 0.130 e. The first kappa shape index (κ1) is 11.5. The second-order valence-electron chi connectivity index (χ2n) is 3.70. The number of allylic oxidation sites excluding steroid dienone is 2. The van der Waals surface area contributed by atoms with Gasteiger partial charge in [-0.2, -0.15) is 0 Å². The molecule has 0 amide bonds. The van der Waals surface area contributed by atoms with Crippen molar-refractivity contribution in [1.82, 2.24) is 0 Å². The summed E-state index contributed by atoms with van der Waals surface area (Å²) in [4.78, 5) is 0. The summed E-state index contributed by atoms with van der Waals surface area (Å²) in [5.41, 5.74) is 1.16. The molecule has 1 nitrogen and oxygen atoms in total. The monoisotopic (exact) mass is 223 g/mol. The third-order valence-corrected chi connectivity index (χ3v) is 2.45. The van der Waals surface area contributed by atoms with Crippen molar-refractivity contribution in [2.75, 3.05) is 0 Å². The molecule has 0 heterocycles. The van der Waals surface area contributed by atoms with E-state index in [2.05, 4.69) is 13.0 Å². The van der Waals surface area contributed by atoms with E-state index in [9.17, 15) is 0 Å². The predicted molar refractivity (Wildman–Crippen MR) is 71.2 cm³/mol. The molecule has 0 atom stereocenters. The molecule has 0 saturated heterocycles. The summed E-state index contributed by atoms with van der Waals surface area (Å²) in [5, 5.41) is 0. The van der Waals surface area contributed by atoms with Gasteiger partial charge in [0.15, 0.2) is 0 Å². The van der Waals surface area contributed by atoms with Crippen LogP contribution < -0.4 is 4.74 Å². The first-order valence-electron chi connectivity index (χ1n) is 5.65. The van der Waals surface area contributed by atoms with Gasteiger partial charge < -0.3 is 4.74 Å². The van der Waals surface area contributed by atoms with Crippen LogP contribution >= 0.6 is 0 Å². The van der Waals surface area contributed by atoms with Gasteiger partial charge in [0.05, 0.1) is 0 Å². The average Bonchev–Trinajstić information content (AvgIpc) is 2.39. The molecule has 0 bridgehead atoms. The van der Waals surface area contributed by atoms with Crippen LogP contribution in [0.4, 0.5) is 0 Å². The summed E-state index contributed by atoms with van der Waals surface area (Å²) in [5.74, 6) is 1.76. The number of hydrogen-bond donors (Lipinski definition) is 0. The fourth-order valence-corrected chi connectivity index (χ4v) is 1.60. The molecule has 0 aliphatic carbocycles. The van der Waals surface area contributed by atoms with E-state index in [1.54, 1.807) is 6.08 Å². The molecule has 0 fully saturated rings. The lowest BCUT2D eigenvalue weighted by molar-refractivity contribution is 0.477. The highest BCUT2D eigenvalue weighted by molar-refractivity contribution is 5.38. The van der Waals surface area contributed by atoms with Crippen molar-refractivity contribution < 1.29 is 4.74 Å². The minimum atomic E-state index is 0.840. The molecular formula is C16H15O. The van der Waals surface area contributed by atoms with Crippen LogP contribution in [0.1, 0.15) is 5.56 Å². The lowest BCUT2D eigenvalue weighted by atomic mass is 10.1. The first-order chi connectivity index (χ1) is 8.40. The van der Waals surface area contributed by atoms with E-state index in [0.29, 0.717) is 0 Å². The Morgan fingerprint density at radius 1 is 0.941 bits per heavy atom. The highest BCUT2D eigenvalue weighted by atomic mass is 16.5. The van der Waals surface area contributed by atoms with E-state index in [0.717, 1.165) is 23.5 Å². The van der Waals surface area contributed by atoms with Crippen LogP contribution in [0.5, 0.6) is 11.5 Å². The van der Waals surface area contributed by atoms with Gasteiger partial charge in [-0.3, -0.25) is 0 Å². The summed E-state index contributed by atoms with van der Waals surface area (Å²) < 4.78 is 5.85. The normalized spacial score (nSPS) is 10.6. The van der Waals surface area contributed by atoms with E-state index in [1.807, 2.05) is 54.6 Å². The van der Waals surface area contributed by atoms with Crippen LogP contribution in [0.2, 0.25) is 0 Å². The number of para-hydroxylation sites is 2. The highest BCUT2D eigenvalue weighted by Gasteiger charge is 2.02. The van der Waals surface area contributed by atoms with Crippen LogP contribution in [0, 0.1) is 6.92 Å². The molecule has 2 rings (SSSR count).